The lowest BCUT2D eigenvalue weighted by Crippen LogP contribution is -2.46. The molecule has 5 N–H and O–H groups in total. The third-order valence-electron chi connectivity index (χ3n) is 5.97. The highest BCUT2D eigenvalue weighted by Crippen LogP contribution is 2.25. The molecule has 2 amide bonds. The molecule has 0 aliphatic carbocycles. The van der Waals surface area contributed by atoms with E-state index in [4.69, 9.17) is 5.73 Å². The van der Waals surface area contributed by atoms with Crippen molar-refractivity contribution in [3.05, 3.63) is 59.0 Å². The van der Waals surface area contributed by atoms with Crippen LogP contribution in [-0.2, 0) is 27.3 Å². The molecule has 9 nitrogen and oxygen atoms in total. The van der Waals surface area contributed by atoms with Gasteiger partial charge in [-0.3, -0.25) is 9.59 Å². The molecule has 1 aromatic heterocycles. The molecule has 1 aliphatic rings. The van der Waals surface area contributed by atoms with Crippen LogP contribution in [0.15, 0.2) is 30.5 Å². The lowest BCUT2D eigenvalue weighted by molar-refractivity contribution is -0.139. The van der Waals surface area contributed by atoms with Crippen molar-refractivity contribution < 1.29 is 32.7 Å². The summed E-state index contributed by atoms with van der Waals surface area (Å²) >= 11 is 1.29. The Labute approximate surface area is 234 Å². The number of rotatable bonds is 11. The average molecular weight is 590 g/mol. The van der Waals surface area contributed by atoms with Crippen molar-refractivity contribution in [3.63, 3.8) is 0 Å². The summed E-state index contributed by atoms with van der Waals surface area (Å²) in [5, 5.41) is 14.2. The number of carboxylic acids is 1. The summed E-state index contributed by atoms with van der Waals surface area (Å²) in [6, 6.07) is 2.84. The monoisotopic (exact) mass is 589 g/mol. The Bertz CT molecular complexity index is 1180. The van der Waals surface area contributed by atoms with Crippen LogP contribution in [0.5, 0.6) is 0 Å². The fourth-order valence-electron chi connectivity index (χ4n) is 3.92. The van der Waals surface area contributed by atoms with E-state index in [9.17, 15) is 32.7 Å². The van der Waals surface area contributed by atoms with Gasteiger partial charge in [0.1, 0.15) is 17.7 Å². The second-order valence-electron chi connectivity index (χ2n) is 9.31. The van der Waals surface area contributed by atoms with E-state index in [1.54, 1.807) is 26.0 Å². The topological polar surface area (TPSA) is 138 Å². The lowest BCUT2D eigenvalue weighted by Gasteiger charge is -2.24. The van der Waals surface area contributed by atoms with Gasteiger partial charge in [0.15, 0.2) is 17.0 Å². The largest absolute Gasteiger partial charge is 0.480 e. The first-order valence-electron chi connectivity index (χ1n) is 12.0. The number of carbonyl (C=O) groups is 3. The molecule has 214 valence electrons. The van der Waals surface area contributed by atoms with Crippen LogP contribution in [0.3, 0.4) is 0 Å². The minimum atomic E-state index is -1.31. The Morgan fingerprint density at radius 1 is 1.18 bits per heavy atom. The number of halogens is 4. The van der Waals surface area contributed by atoms with Crippen LogP contribution in [0, 0.1) is 23.4 Å². The Morgan fingerprint density at radius 2 is 1.87 bits per heavy atom. The molecule has 39 heavy (non-hydrogen) atoms. The zero-order valence-electron chi connectivity index (χ0n) is 21.3. The van der Waals surface area contributed by atoms with Gasteiger partial charge in [-0.1, -0.05) is 19.9 Å². The van der Waals surface area contributed by atoms with E-state index >= 15 is 0 Å². The zero-order chi connectivity index (χ0) is 28.0. The van der Waals surface area contributed by atoms with Gasteiger partial charge in [-0.25, -0.2) is 22.9 Å². The van der Waals surface area contributed by atoms with E-state index in [0.29, 0.717) is 29.7 Å². The van der Waals surface area contributed by atoms with Crippen LogP contribution in [0.2, 0.25) is 0 Å². The fraction of sp³-hybridized carbons (Fsp3) is 0.440. The van der Waals surface area contributed by atoms with Crippen LogP contribution in [-0.4, -0.2) is 62.5 Å². The van der Waals surface area contributed by atoms with Gasteiger partial charge in [0.2, 0.25) is 5.91 Å². The summed E-state index contributed by atoms with van der Waals surface area (Å²) < 4.78 is 40.5. The minimum absolute atomic E-state index is 0. The predicted octanol–water partition coefficient (Wildman–Crippen LogP) is 2.92. The van der Waals surface area contributed by atoms with E-state index in [0.717, 1.165) is 6.07 Å². The maximum atomic E-state index is 13.9. The molecule has 2 heterocycles. The number of carbonyl (C=O) groups excluding carboxylic acids is 2. The molecule has 1 fully saturated rings. The number of aromatic nitrogens is 1. The van der Waals surface area contributed by atoms with Gasteiger partial charge in [-0.15, -0.1) is 24.2 Å². The Balaban J connectivity index is 0.00000533. The maximum Gasteiger partial charge on any atom is 0.326 e. The maximum absolute atomic E-state index is 13.9. The van der Waals surface area contributed by atoms with E-state index in [2.05, 4.69) is 15.6 Å². The molecule has 0 saturated carbocycles. The highest BCUT2D eigenvalue weighted by Gasteiger charge is 2.35. The smallest absolute Gasteiger partial charge is 0.326 e. The van der Waals surface area contributed by atoms with Gasteiger partial charge in [0, 0.05) is 43.6 Å². The summed E-state index contributed by atoms with van der Waals surface area (Å²) in [7, 11) is 0. The summed E-state index contributed by atoms with van der Waals surface area (Å²) in [6.07, 6.45) is 1.15. The SMILES string of the molecule is CC(C)[C@H](Nc1ccc(CNC(=O)C2SCCN2C(=O)C[C@H](N)Cc2cc(F)c(F)cc2F)cn1)C(=O)O.Cl. The third kappa shape index (κ3) is 8.73. The predicted molar refractivity (Wildman–Crippen MR) is 144 cm³/mol. The van der Waals surface area contributed by atoms with E-state index in [1.807, 2.05) is 0 Å². The van der Waals surface area contributed by atoms with Crippen molar-refractivity contribution in [2.75, 3.05) is 17.6 Å². The normalized spacial score (nSPS) is 16.4. The first-order chi connectivity index (χ1) is 18.0. The van der Waals surface area contributed by atoms with Gasteiger partial charge in [-0.05, 0) is 35.6 Å². The molecule has 1 aromatic carbocycles. The number of benzene rings is 1. The number of aliphatic carboxylic acids is 1. The van der Waals surface area contributed by atoms with Crippen LogP contribution in [0.4, 0.5) is 19.0 Å². The summed E-state index contributed by atoms with van der Waals surface area (Å²) in [6.45, 7) is 4.04. The second kappa shape index (κ2) is 14.4. The average Bonchev–Trinajstić information content (AvgIpc) is 3.35. The molecule has 2 aromatic rings. The summed E-state index contributed by atoms with van der Waals surface area (Å²) in [4.78, 5) is 42.6. The summed E-state index contributed by atoms with van der Waals surface area (Å²) in [5.41, 5.74) is 6.53. The molecule has 3 atom stereocenters. The van der Waals surface area contributed by atoms with Crippen LogP contribution >= 0.6 is 24.2 Å². The number of nitrogens with one attached hydrogen (secondary N) is 2. The molecule has 1 saturated heterocycles. The molecule has 0 spiro atoms. The van der Waals surface area contributed by atoms with Crippen molar-refractivity contribution in [2.24, 2.45) is 11.7 Å². The third-order valence-corrected chi connectivity index (χ3v) is 7.17. The van der Waals surface area contributed by atoms with E-state index in [-0.39, 0.29) is 49.2 Å². The highest BCUT2D eigenvalue weighted by molar-refractivity contribution is 8.00. The molecule has 1 aliphatic heterocycles. The summed E-state index contributed by atoms with van der Waals surface area (Å²) in [5.74, 6) is -4.43. The Kier molecular flexibility index (Phi) is 11.9. The van der Waals surface area contributed by atoms with Gasteiger partial charge < -0.3 is 26.4 Å². The number of carboxylic acid groups (broad SMARTS) is 1. The molecule has 3 rings (SSSR count). The zero-order valence-corrected chi connectivity index (χ0v) is 23.0. The molecular formula is C25H31ClF3N5O4S. The van der Waals surface area contributed by atoms with Gasteiger partial charge in [-0.2, -0.15) is 0 Å². The van der Waals surface area contributed by atoms with Crippen molar-refractivity contribution in [3.8, 4) is 0 Å². The first-order valence-corrected chi connectivity index (χ1v) is 13.0. The number of thioether (sulfide) groups is 1. The van der Waals surface area contributed by atoms with Crippen LogP contribution < -0.4 is 16.4 Å². The number of hydrogen-bond acceptors (Lipinski definition) is 7. The number of nitrogens with two attached hydrogens (primary N) is 1. The van der Waals surface area contributed by atoms with Gasteiger partial charge in [0.25, 0.3) is 5.91 Å². The lowest BCUT2D eigenvalue weighted by atomic mass is 10.0. The standard InChI is InChI=1S/C25H30F3N5O4S.ClH/c1-13(2)22(25(36)37)32-20-4-3-14(11-30-20)12-31-23(35)24-33(5-6-38-24)21(34)9-16(29)7-15-8-18(27)19(28)10-17(15)26;/h3-4,8,10-11,13,16,22,24H,5-7,9,12,29H2,1-2H3,(H,30,32)(H,31,35)(H,36,37);1H/t16-,22+,24?;/m1./s1. The van der Waals surface area contributed by atoms with Crippen LogP contribution in [0.1, 0.15) is 31.4 Å². The van der Waals surface area contributed by atoms with Crippen molar-refractivity contribution in [1.82, 2.24) is 15.2 Å². The molecule has 0 radical (unpaired) electrons. The van der Waals surface area contributed by atoms with Gasteiger partial charge in [0.05, 0.1) is 0 Å². The van der Waals surface area contributed by atoms with Crippen molar-refractivity contribution in [1.29, 1.82) is 0 Å². The number of pyridine rings is 1. The van der Waals surface area contributed by atoms with E-state index in [1.165, 1.54) is 22.9 Å². The minimum Gasteiger partial charge on any atom is -0.480 e. The second-order valence-corrected chi connectivity index (χ2v) is 10.5. The number of hydrogen-bond donors (Lipinski definition) is 4. The molecule has 1 unspecified atom stereocenters. The Hall–Kier alpha value is -3.03. The van der Waals surface area contributed by atoms with Crippen molar-refractivity contribution in [2.45, 2.75) is 50.7 Å². The quantitative estimate of drug-likeness (QED) is 0.294. The fourth-order valence-corrected chi connectivity index (χ4v) is 5.09. The van der Waals surface area contributed by atoms with E-state index < -0.39 is 46.8 Å². The number of nitrogens with zero attached hydrogens (tertiary/aromatic N) is 2. The number of amides is 2. The molecular weight excluding hydrogens is 559 g/mol. The number of anilines is 1. The Morgan fingerprint density at radius 3 is 2.49 bits per heavy atom. The van der Waals surface area contributed by atoms with Crippen LogP contribution in [0.25, 0.3) is 0 Å². The first kappa shape index (κ1) is 32.2. The highest BCUT2D eigenvalue weighted by atomic mass is 35.5. The van der Waals surface area contributed by atoms with Crippen molar-refractivity contribution >= 4 is 47.8 Å². The van der Waals surface area contributed by atoms with Gasteiger partial charge >= 0.3 is 5.97 Å². The molecule has 0 bridgehead atoms. The molecule has 14 heteroatoms.